The molecule has 5 rings (SSSR count). The number of hydrogen-bond acceptors (Lipinski definition) is 6. The smallest absolute Gasteiger partial charge is 0.243 e. The Kier molecular flexibility index (Phi) is 8.44. The quantitative estimate of drug-likeness (QED) is 0.225. The zero-order valence-corrected chi connectivity index (χ0v) is 24.6. The molecular weight excluding hydrogens is 544 g/mol. The van der Waals surface area contributed by atoms with Crippen LogP contribution in [0.25, 0.3) is 0 Å². The van der Waals surface area contributed by atoms with Crippen LogP contribution in [0, 0.1) is 6.92 Å². The number of carbonyl (C=O) groups is 1. The minimum absolute atomic E-state index is 0.0458. The van der Waals surface area contributed by atoms with Crippen molar-refractivity contribution in [3.05, 3.63) is 106 Å². The van der Waals surface area contributed by atoms with E-state index < -0.39 is 10.0 Å². The van der Waals surface area contributed by atoms with Crippen molar-refractivity contribution in [2.75, 3.05) is 19.7 Å². The van der Waals surface area contributed by atoms with Gasteiger partial charge in [-0.15, -0.1) is 11.3 Å². The summed E-state index contributed by atoms with van der Waals surface area (Å²) in [6, 6.07) is 19.8. The van der Waals surface area contributed by atoms with Crippen LogP contribution in [-0.4, -0.2) is 43.2 Å². The van der Waals surface area contributed by atoms with E-state index in [0.717, 1.165) is 23.3 Å². The number of amides is 1. The first kappa shape index (κ1) is 28.1. The molecule has 7 nitrogen and oxygen atoms in total. The van der Waals surface area contributed by atoms with Crippen LogP contribution in [0.4, 0.5) is 0 Å². The fraction of sp³-hybridized carbons (Fsp3) is 0.323. The number of sulfonamides is 1. The highest BCUT2D eigenvalue weighted by Gasteiger charge is 2.35. The lowest BCUT2D eigenvalue weighted by Crippen LogP contribution is -2.47. The summed E-state index contributed by atoms with van der Waals surface area (Å²) < 4.78 is 40.3. The van der Waals surface area contributed by atoms with Gasteiger partial charge in [-0.05, 0) is 78.2 Å². The Labute approximate surface area is 240 Å². The summed E-state index contributed by atoms with van der Waals surface area (Å²) in [5.41, 5.74) is 3.24. The molecule has 210 valence electrons. The third kappa shape index (κ3) is 6.16. The van der Waals surface area contributed by atoms with Crippen LogP contribution in [0.2, 0.25) is 0 Å². The van der Waals surface area contributed by atoms with Crippen molar-refractivity contribution in [1.29, 1.82) is 0 Å². The molecule has 40 heavy (non-hydrogen) atoms. The number of aryl methyl sites for hydroxylation is 1. The number of carbonyl (C=O) groups excluding carboxylic acids is 1. The highest BCUT2D eigenvalue weighted by Crippen LogP contribution is 2.34. The number of nitrogens with zero attached hydrogens (tertiary/aromatic N) is 2. The van der Waals surface area contributed by atoms with Crippen LogP contribution < -0.4 is 4.74 Å². The molecule has 3 heterocycles. The summed E-state index contributed by atoms with van der Waals surface area (Å²) in [6.07, 6.45) is 2.22. The number of ether oxygens (including phenoxy) is 1. The lowest BCUT2D eigenvalue weighted by Gasteiger charge is -2.37. The minimum atomic E-state index is -3.96. The van der Waals surface area contributed by atoms with Gasteiger partial charge < -0.3 is 14.1 Å². The molecule has 0 saturated heterocycles. The molecule has 0 saturated carbocycles. The van der Waals surface area contributed by atoms with E-state index >= 15 is 0 Å². The first-order valence-electron chi connectivity index (χ1n) is 13.4. The van der Waals surface area contributed by atoms with Crippen molar-refractivity contribution in [2.45, 2.75) is 50.6 Å². The van der Waals surface area contributed by atoms with Crippen LogP contribution in [0.1, 0.15) is 53.1 Å². The summed E-state index contributed by atoms with van der Waals surface area (Å²) in [4.78, 5) is 17.0. The van der Waals surface area contributed by atoms with Gasteiger partial charge in [0, 0.05) is 11.4 Å². The van der Waals surface area contributed by atoms with Crippen LogP contribution in [0.3, 0.4) is 0 Å². The summed E-state index contributed by atoms with van der Waals surface area (Å²) in [5, 5.41) is 2.04. The predicted octanol–water partition coefficient (Wildman–Crippen LogP) is 6.17. The minimum Gasteiger partial charge on any atom is -0.491 e. The maximum atomic E-state index is 13.9. The molecule has 0 fully saturated rings. The second-order valence-corrected chi connectivity index (χ2v) is 13.3. The molecule has 9 heteroatoms. The van der Waals surface area contributed by atoms with E-state index in [0.29, 0.717) is 18.2 Å². The van der Waals surface area contributed by atoms with Crippen molar-refractivity contribution in [2.24, 2.45) is 0 Å². The molecule has 1 aliphatic heterocycles. The van der Waals surface area contributed by atoms with Crippen LogP contribution >= 0.6 is 11.3 Å². The fourth-order valence-corrected chi connectivity index (χ4v) is 7.19. The molecule has 0 spiro atoms. The predicted molar refractivity (Wildman–Crippen MR) is 156 cm³/mol. The van der Waals surface area contributed by atoms with Gasteiger partial charge in [0.1, 0.15) is 18.1 Å². The van der Waals surface area contributed by atoms with Gasteiger partial charge in [0.25, 0.3) is 0 Å². The second kappa shape index (κ2) is 12.0. The van der Waals surface area contributed by atoms with Gasteiger partial charge in [-0.1, -0.05) is 43.7 Å². The van der Waals surface area contributed by atoms with Gasteiger partial charge in [-0.25, -0.2) is 8.42 Å². The number of hydrogen-bond donors (Lipinski definition) is 0. The second-order valence-electron chi connectivity index (χ2n) is 10.4. The highest BCUT2D eigenvalue weighted by atomic mass is 32.2. The summed E-state index contributed by atoms with van der Waals surface area (Å²) >= 11 is 1.68. The number of fused-ring (bicyclic) bond motifs is 1. The molecule has 4 aromatic rings. The largest absolute Gasteiger partial charge is 0.491 e. The Morgan fingerprint density at radius 3 is 2.52 bits per heavy atom. The van der Waals surface area contributed by atoms with Crippen molar-refractivity contribution in [3.8, 4) is 5.75 Å². The van der Waals surface area contributed by atoms with E-state index in [4.69, 9.17) is 9.15 Å². The van der Waals surface area contributed by atoms with Crippen LogP contribution in [-0.2, 0) is 27.8 Å². The average Bonchev–Trinajstić information content (AvgIpc) is 3.64. The molecular formula is C31H34N2O5S2. The third-order valence-electron chi connectivity index (χ3n) is 7.25. The van der Waals surface area contributed by atoms with Crippen molar-refractivity contribution in [3.63, 3.8) is 0 Å². The summed E-state index contributed by atoms with van der Waals surface area (Å²) in [5.74, 6) is 1.35. The fourth-order valence-electron chi connectivity index (χ4n) is 4.90. The molecule has 2 aromatic carbocycles. The summed E-state index contributed by atoms with van der Waals surface area (Å²) in [6.45, 7) is 6.61. The Morgan fingerprint density at radius 2 is 1.85 bits per heavy atom. The SMILES string of the molecule is Cc1ccc(S(=O)(=O)N(CC(=O)N2CCc3sccc3C2COc2ccc(C(C)C)cc2)Cc2ccco2)cc1. The van der Waals surface area contributed by atoms with E-state index in [1.54, 1.807) is 52.6 Å². The molecule has 0 bridgehead atoms. The first-order chi connectivity index (χ1) is 19.2. The summed E-state index contributed by atoms with van der Waals surface area (Å²) in [7, 11) is -3.96. The standard InChI is InChI=1S/C31H34N2O5S2/c1-22(2)24-8-10-25(11-9-24)38-21-29-28-15-18-39-30(28)14-16-33(29)31(34)20-32(19-26-5-4-17-37-26)40(35,36)27-12-6-23(3)7-13-27/h4-13,15,17-18,22,29H,14,16,19-21H2,1-3H3. The maximum absolute atomic E-state index is 13.9. The molecule has 0 radical (unpaired) electrons. The van der Waals surface area contributed by atoms with Gasteiger partial charge in [-0.2, -0.15) is 4.31 Å². The van der Waals surface area contributed by atoms with Crippen molar-refractivity contribution >= 4 is 27.3 Å². The van der Waals surface area contributed by atoms with Crippen molar-refractivity contribution < 1.29 is 22.4 Å². The number of rotatable bonds is 10. The number of furan rings is 1. The zero-order valence-electron chi connectivity index (χ0n) is 22.9. The molecule has 1 atom stereocenters. The van der Waals surface area contributed by atoms with E-state index in [1.165, 1.54) is 21.0 Å². The van der Waals surface area contributed by atoms with Gasteiger partial charge >= 0.3 is 0 Å². The lowest BCUT2D eigenvalue weighted by atomic mass is 10.0. The normalized spacial score (nSPS) is 15.4. The number of thiophene rings is 1. The Morgan fingerprint density at radius 1 is 1.10 bits per heavy atom. The Bertz CT molecular complexity index is 1530. The molecule has 0 aliphatic carbocycles. The monoisotopic (exact) mass is 578 g/mol. The van der Waals surface area contributed by atoms with Crippen LogP contribution in [0.15, 0.2) is 87.7 Å². The van der Waals surface area contributed by atoms with Crippen LogP contribution in [0.5, 0.6) is 5.75 Å². The molecule has 2 aromatic heterocycles. The zero-order chi connectivity index (χ0) is 28.3. The first-order valence-corrected chi connectivity index (χ1v) is 15.7. The maximum Gasteiger partial charge on any atom is 0.243 e. The molecule has 1 unspecified atom stereocenters. The van der Waals surface area contributed by atoms with Gasteiger partial charge in [0.05, 0.1) is 30.3 Å². The highest BCUT2D eigenvalue weighted by molar-refractivity contribution is 7.89. The molecule has 0 N–H and O–H groups in total. The average molecular weight is 579 g/mol. The third-order valence-corrected chi connectivity index (χ3v) is 10.1. The van der Waals surface area contributed by atoms with E-state index in [1.807, 2.05) is 30.5 Å². The van der Waals surface area contributed by atoms with E-state index in [-0.39, 0.29) is 36.5 Å². The molecule has 1 aliphatic rings. The van der Waals surface area contributed by atoms with E-state index in [9.17, 15) is 13.2 Å². The Hall–Kier alpha value is -3.40. The Balaban J connectivity index is 1.38. The van der Waals surface area contributed by atoms with Crippen molar-refractivity contribution in [1.82, 2.24) is 9.21 Å². The topological polar surface area (TPSA) is 80.1 Å². The lowest BCUT2D eigenvalue weighted by molar-refractivity contribution is -0.135. The van der Waals surface area contributed by atoms with Gasteiger partial charge in [0.15, 0.2) is 0 Å². The van der Waals surface area contributed by atoms with Gasteiger partial charge in [0.2, 0.25) is 15.9 Å². The van der Waals surface area contributed by atoms with Gasteiger partial charge in [-0.3, -0.25) is 4.79 Å². The van der Waals surface area contributed by atoms with E-state index in [2.05, 4.69) is 26.0 Å². The molecule has 1 amide bonds. The number of benzene rings is 2.